The first-order chi connectivity index (χ1) is 10.7. The van der Waals surface area contributed by atoms with Gasteiger partial charge in [0, 0.05) is 25.4 Å². The van der Waals surface area contributed by atoms with E-state index in [1.54, 1.807) is 0 Å². The lowest BCUT2D eigenvalue weighted by atomic mass is 9.94. The van der Waals surface area contributed by atoms with Gasteiger partial charge in [0.1, 0.15) is 0 Å². The van der Waals surface area contributed by atoms with Crippen LogP contribution in [0.15, 0.2) is 24.3 Å². The molecule has 22 heavy (non-hydrogen) atoms. The third-order valence-electron chi connectivity index (χ3n) is 5.01. The standard InChI is InChI=1S/C18H26N2O2/c1-14-6-8-16(9-7-14)20-11-3-5-17(18(20)22)19-10-2-4-15(12-19)13-21/h6-9,15,17,21H,2-5,10-13H2,1H3. The molecule has 1 N–H and O–H groups in total. The van der Waals surface area contributed by atoms with Gasteiger partial charge in [0.2, 0.25) is 5.91 Å². The highest BCUT2D eigenvalue weighted by Crippen LogP contribution is 2.27. The van der Waals surface area contributed by atoms with Crippen LogP contribution in [0.5, 0.6) is 0 Å². The molecule has 0 radical (unpaired) electrons. The number of carbonyl (C=O) groups excluding carboxylic acids is 1. The molecule has 2 unspecified atom stereocenters. The van der Waals surface area contributed by atoms with E-state index < -0.39 is 0 Å². The fourth-order valence-electron chi connectivity index (χ4n) is 3.71. The van der Waals surface area contributed by atoms with Crippen molar-refractivity contribution in [3.05, 3.63) is 29.8 Å². The number of hydrogen-bond donors (Lipinski definition) is 1. The molecule has 0 spiro atoms. The van der Waals surface area contributed by atoms with Crippen molar-refractivity contribution in [3.8, 4) is 0 Å². The van der Waals surface area contributed by atoms with Crippen LogP contribution in [0.2, 0.25) is 0 Å². The van der Waals surface area contributed by atoms with Gasteiger partial charge in [-0.3, -0.25) is 9.69 Å². The molecular weight excluding hydrogens is 276 g/mol. The van der Waals surface area contributed by atoms with Crippen molar-refractivity contribution >= 4 is 11.6 Å². The molecule has 0 saturated carbocycles. The zero-order valence-electron chi connectivity index (χ0n) is 13.4. The molecule has 0 bridgehead atoms. The Kier molecular flexibility index (Phi) is 4.79. The Morgan fingerprint density at radius 3 is 2.59 bits per heavy atom. The molecule has 2 heterocycles. The summed E-state index contributed by atoms with van der Waals surface area (Å²) in [7, 11) is 0. The van der Waals surface area contributed by atoms with Gasteiger partial charge < -0.3 is 10.0 Å². The lowest BCUT2D eigenvalue weighted by Crippen LogP contribution is -2.55. The number of rotatable bonds is 3. The maximum Gasteiger partial charge on any atom is 0.244 e. The zero-order chi connectivity index (χ0) is 15.5. The van der Waals surface area contributed by atoms with E-state index in [9.17, 15) is 9.90 Å². The highest BCUT2D eigenvalue weighted by atomic mass is 16.3. The molecule has 1 aromatic rings. The summed E-state index contributed by atoms with van der Waals surface area (Å²) in [5, 5.41) is 9.41. The molecular formula is C18H26N2O2. The van der Waals surface area contributed by atoms with Crippen LogP contribution in [0.3, 0.4) is 0 Å². The monoisotopic (exact) mass is 302 g/mol. The van der Waals surface area contributed by atoms with Crippen molar-refractivity contribution in [1.29, 1.82) is 0 Å². The van der Waals surface area contributed by atoms with E-state index in [0.717, 1.165) is 51.0 Å². The van der Waals surface area contributed by atoms with Gasteiger partial charge >= 0.3 is 0 Å². The van der Waals surface area contributed by atoms with E-state index in [2.05, 4.69) is 24.0 Å². The van der Waals surface area contributed by atoms with Crippen molar-refractivity contribution in [3.63, 3.8) is 0 Å². The average molecular weight is 302 g/mol. The van der Waals surface area contributed by atoms with Gasteiger partial charge in [0.25, 0.3) is 0 Å². The lowest BCUT2D eigenvalue weighted by Gasteiger charge is -2.41. The zero-order valence-corrected chi connectivity index (χ0v) is 13.4. The first-order valence-corrected chi connectivity index (χ1v) is 8.42. The second-order valence-electron chi connectivity index (χ2n) is 6.67. The summed E-state index contributed by atoms with van der Waals surface area (Å²) in [6, 6.07) is 8.21. The van der Waals surface area contributed by atoms with Crippen LogP contribution in [-0.4, -0.2) is 48.2 Å². The normalized spacial score (nSPS) is 27.2. The van der Waals surface area contributed by atoms with Crippen molar-refractivity contribution in [1.82, 2.24) is 4.90 Å². The third-order valence-corrected chi connectivity index (χ3v) is 5.01. The van der Waals surface area contributed by atoms with Crippen LogP contribution < -0.4 is 4.90 Å². The summed E-state index contributed by atoms with van der Waals surface area (Å²) in [5.41, 5.74) is 2.22. The second kappa shape index (κ2) is 6.80. The molecule has 120 valence electrons. The second-order valence-corrected chi connectivity index (χ2v) is 6.67. The molecule has 4 nitrogen and oxygen atoms in total. The smallest absolute Gasteiger partial charge is 0.244 e. The molecule has 1 aromatic carbocycles. The fraction of sp³-hybridized carbons (Fsp3) is 0.611. The van der Waals surface area contributed by atoms with E-state index in [4.69, 9.17) is 0 Å². The number of likely N-dealkylation sites (tertiary alicyclic amines) is 1. The van der Waals surface area contributed by atoms with Gasteiger partial charge in [-0.05, 0) is 57.2 Å². The molecule has 2 aliphatic rings. The van der Waals surface area contributed by atoms with E-state index in [-0.39, 0.29) is 18.6 Å². The molecule has 2 atom stereocenters. The molecule has 4 heteroatoms. The summed E-state index contributed by atoms with van der Waals surface area (Å²) in [4.78, 5) is 17.2. The number of aryl methyl sites for hydroxylation is 1. The Morgan fingerprint density at radius 2 is 1.86 bits per heavy atom. The molecule has 0 aromatic heterocycles. The number of aliphatic hydroxyl groups is 1. The van der Waals surface area contributed by atoms with Gasteiger partial charge in [-0.25, -0.2) is 0 Å². The Labute approximate surface area is 132 Å². The van der Waals surface area contributed by atoms with Crippen LogP contribution in [0.4, 0.5) is 5.69 Å². The van der Waals surface area contributed by atoms with E-state index in [1.165, 1.54) is 5.56 Å². The van der Waals surface area contributed by atoms with Crippen LogP contribution in [0, 0.1) is 12.8 Å². The first-order valence-electron chi connectivity index (χ1n) is 8.42. The highest BCUT2D eigenvalue weighted by molar-refractivity contribution is 5.97. The van der Waals surface area contributed by atoms with Gasteiger partial charge in [0.15, 0.2) is 0 Å². The molecule has 2 fully saturated rings. The van der Waals surface area contributed by atoms with Gasteiger partial charge in [-0.1, -0.05) is 17.7 Å². The highest BCUT2D eigenvalue weighted by Gasteiger charge is 2.35. The number of anilines is 1. The summed E-state index contributed by atoms with van der Waals surface area (Å²) in [6.45, 7) is 4.95. The average Bonchev–Trinajstić information content (AvgIpc) is 2.56. The van der Waals surface area contributed by atoms with Crippen LogP contribution in [-0.2, 0) is 4.79 Å². The quantitative estimate of drug-likeness (QED) is 0.931. The largest absolute Gasteiger partial charge is 0.396 e. The topological polar surface area (TPSA) is 43.8 Å². The number of amides is 1. The molecule has 1 amide bonds. The summed E-state index contributed by atoms with van der Waals surface area (Å²) < 4.78 is 0. The van der Waals surface area contributed by atoms with Gasteiger partial charge in [0.05, 0.1) is 6.04 Å². The maximum absolute atomic E-state index is 12.9. The predicted octanol–water partition coefficient (Wildman–Crippen LogP) is 2.19. The van der Waals surface area contributed by atoms with E-state index in [0.29, 0.717) is 5.92 Å². The number of hydrogen-bond acceptors (Lipinski definition) is 3. The summed E-state index contributed by atoms with van der Waals surface area (Å²) in [5.74, 6) is 0.560. The minimum absolute atomic E-state index is 0.00981. The van der Waals surface area contributed by atoms with Crippen molar-refractivity contribution in [2.75, 3.05) is 31.1 Å². The third kappa shape index (κ3) is 3.18. The molecule has 2 aliphatic heterocycles. The van der Waals surface area contributed by atoms with E-state index in [1.807, 2.05) is 17.0 Å². The van der Waals surface area contributed by atoms with Crippen LogP contribution in [0.1, 0.15) is 31.2 Å². The Balaban J connectivity index is 1.73. The first kappa shape index (κ1) is 15.5. The van der Waals surface area contributed by atoms with Crippen LogP contribution >= 0.6 is 0 Å². The van der Waals surface area contributed by atoms with Gasteiger partial charge in [-0.15, -0.1) is 0 Å². The Bertz CT molecular complexity index is 514. The number of carbonyl (C=O) groups is 1. The lowest BCUT2D eigenvalue weighted by molar-refractivity contribution is -0.126. The Hall–Kier alpha value is -1.39. The summed E-state index contributed by atoms with van der Waals surface area (Å²) >= 11 is 0. The SMILES string of the molecule is Cc1ccc(N2CCCC(N3CCCC(CO)C3)C2=O)cc1. The number of piperidine rings is 2. The predicted molar refractivity (Wildman–Crippen MR) is 87.9 cm³/mol. The minimum Gasteiger partial charge on any atom is -0.396 e. The fourth-order valence-corrected chi connectivity index (χ4v) is 3.71. The molecule has 0 aliphatic carbocycles. The van der Waals surface area contributed by atoms with Crippen molar-refractivity contribution in [2.45, 2.75) is 38.6 Å². The van der Waals surface area contributed by atoms with E-state index >= 15 is 0 Å². The van der Waals surface area contributed by atoms with Gasteiger partial charge in [-0.2, -0.15) is 0 Å². The number of benzene rings is 1. The molecule has 2 saturated heterocycles. The number of nitrogens with zero attached hydrogens (tertiary/aromatic N) is 2. The minimum atomic E-state index is -0.00981. The maximum atomic E-state index is 12.9. The van der Waals surface area contributed by atoms with Crippen LogP contribution in [0.25, 0.3) is 0 Å². The molecule has 3 rings (SSSR count). The van der Waals surface area contributed by atoms with Crippen molar-refractivity contribution in [2.24, 2.45) is 5.92 Å². The number of aliphatic hydroxyl groups excluding tert-OH is 1. The Morgan fingerprint density at radius 1 is 1.14 bits per heavy atom. The van der Waals surface area contributed by atoms with Crippen molar-refractivity contribution < 1.29 is 9.90 Å². The summed E-state index contributed by atoms with van der Waals surface area (Å²) in [6.07, 6.45) is 4.15.